The fourth-order valence-corrected chi connectivity index (χ4v) is 4.78. The van der Waals surface area contributed by atoms with Gasteiger partial charge in [0.1, 0.15) is 4.21 Å². The van der Waals surface area contributed by atoms with Gasteiger partial charge in [-0.25, -0.2) is 8.42 Å². The van der Waals surface area contributed by atoms with Gasteiger partial charge in [0, 0.05) is 26.2 Å². The molecule has 0 atom stereocenters. The summed E-state index contributed by atoms with van der Waals surface area (Å²) >= 11 is 0.883. The molecule has 0 radical (unpaired) electrons. The van der Waals surface area contributed by atoms with E-state index in [9.17, 15) is 18.5 Å². The van der Waals surface area contributed by atoms with Gasteiger partial charge in [-0.05, 0) is 5.92 Å². The molecular weight excluding hydrogens is 302 g/mol. The second kappa shape index (κ2) is 6.51. The minimum absolute atomic E-state index is 0.00366. The Kier molecular flexibility index (Phi) is 5.49. The third kappa shape index (κ3) is 3.47. The zero-order valence-electron chi connectivity index (χ0n) is 11.9. The van der Waals surface area contributed by atoms with Crippen molar-refractivity contribution in [2.45, 2.75) is 25.0 Å². The van der Waals surface area contributed by atoms with Gasteiger partial charge in [0.2, 0.25) is 0 Å². The van der Waals surface area contributed by atoms with Crippen molar-refractivity contribution >= 4 is 32.0 Å². The molecule has 0 fully saturated rings. The van der Waals surface area contributed by atoms with Crippen LogP contribution in [0.3, 0.4) is 0 Å². The predicted octanol–water partition coefficient (Wildman–Crippen LogP) is 2.36. The van der Waals surface area contributed by atoms with E-state index in [1.807, 2.05) is 13.8 Å². The number of nitrogens with zero attached hydrogens (tertiary/aromatic N) is 2. The highest BCUT2D eigenvalue weighted by Gasteiger charge is 2.30. The van der Waals surface area contributed by atoms with Crippen LogP contribution in [-0.2, 0) is 10.0 Å². The number of anilines is 1. The van der Waals surface area contributed by atoms with Crippen LogP contribution in [0.5, 0.6) is 0 Å². The number of nitro groups is 1. The van der Waals surface area contributed by atoms with E-state index < -0.39 is 14.9 Å². The first-order valence-electron chi connectivity index (χ1n) is 6.20. The molecule has 0 bridgehead atoms. The largest absolute Gasteiger partial charge is 0.374 e. The van der Waals surface area contributed by atoms with Crippen LogP contribution in [0.2, 0.25) is 0 Å². The second-order valence-corrected chi connectivity index (χ2v) is 7.85. The maximum atomic E-state index is 12.5. The zero-order chi connectivity index (χ0) is 15.5. The lowest BCUT2D eigenvalue weighted by molar-refractivity contribution is -0.383. The van der Waals surface area contributed by atoms with Crippen molar-refractivity contribution in [3.63, 3.8) is 0 Å². The summed E-state index contributed by atoms with van der Waals surface area (Å²) in [6, 6.07) is 1.12. The Labute approximate surface area is 122 Å². The van der Waals surface area contributed by atoms with Crippen molar-refractivity contribution in [3.05, 3.63) is 16.2 Å². The van der Waals surface area contributed by atoms with Crippen molar-refractivity contribution in [3.8, 4) is 0 Å². The van der Waals surface area contributed by atoms with Crippen molar-refractivity contribution in [2.75, 3.05) is 25.5 Å². The minimum atomic E-state index is -3.68. The van der Waals surface area contributed by atoms with E-state index in [-0.39, 0.29) is 20.8 Å². The molecule has 20 heavy (non-hydrogen) atoms. The van der Waals surface area contributed by atoms with Crippen molar-refractivity contribution in [2.24, 2.45) is 5.92 Å². The standard InChI is InChI=1S/C11H19N3O4S2/c1-5-13(7-8(2)3)20(17,18)10-6-9(14(15)16)11(12-4)19-10/h6,8,12H,5,7H2,1-4H3. The fourth-order valence-electron chi connectivity index (χ4n) is 1.73. The molecule has 1 aromatic heterocycles. The Morgan fingerprint density at radius 2 is 2.10 bits per heavy atom. The monoisotopic (exact) mass is 321 g/mol. The smallest absolute Gasteiger partial charge is 0.304 e. The Balaban J connectivity index is 3.24. The Hall–Kier alpha value is -1.19. The van der Waals surface area contributed by atoms with E-state index in [2.05, 4.69) is 5.32 Å². The Bertz CT molecular complexity index is 580. The lowest BCUT2D eigenvalue weighted by Crippen LogP contribution is -2.33. The molecule has 0 aliphatic carbocycles. The van der Waals surface area contributed by atoms with Crippen LogP contribution >= 0.6 is 11.3 Å². The van der Waals surface area contributed by atoms with E-state index in [0.29, 0.717) is 13.1 Å². The maximum Gasteiger partial charge on any atom is 0.304 e. The van der Waals surface area contributed by atoms with Gasteiger partial charge < -0.3 is 5.32 Å². The molecule has 114 valence electrons. The minimum Gasteiger partial charge on any atom is -0.374 e. The van der Waals surface area contributed by atoms with Crippen molar-refractivity contribution in [1.29, 1.82) is 0 Å². The number of hydrogen-bond donors (Lipinski definition) is 1. The molecule has 7 nitrogen and oxygen atoms in total. The highest BCUT2D eigenvalue weighted by molar-refractivity contribution is 7.91. The fraction of sp³-hybridized carbons (Fsp3) is 0.636. The highest BCUT2D eigenvalue weighted by atomic mass is 32.2. The molecule has 0 saturated heterocycles. The van der Waals surface area contributed by atoms with Crippen LogP contribution in [0, 0.1) is 16.0 Å². The SMILES string of the molecule is CCN(CC(C)C)S(=O)(=O)c1cc([N+](=O)[O-])c(NC)s1. The topological polar surface area (TPSA) is 92.5 Å². The van der Waals surface area contributed by atoms with Crippen LogP contribution in [-0.4, -0.2) is 37.8 Å². The molecule has 1 aromatic rings. The van der Waals surface area contributed by atoms with Gasteiger partial charge in [0.25, 0.3) is 10.0 Å². The maximum absolute atomic E-state index is 12.5. The molecule has 0 aliphatic heterocycles. The predicted molar refractivity (Wildman–Crippen MR) is 79.8 cm³/mol. The molecule has 1 heterocycles. The second-order valence-electron chi connectivity index (χ2n) is 4.64. The van der Waals surface area contributed by atoms with Crippen LogP contribution in [0.15, 0.2) is 10.3 Å². The molecule has 0 aliphatic rings. The van der Waals surface area contributed by atoms with Crippen molar-refractivity contribution < 1.29 is 13.3 Å². The van der Waals surface area contributed by atoms with Gasteiger partial charge in [0.15, 0.2) is 5.00 Å². The lowest BCUT2D eigenvalue weighted by atomic mass is 10.2. The van der Waals surface area contributed by atoms with Crippen LogP contribution in [0.25, 0.3) is 0 Å². The summed E-state index contributed by atoms with van der Waals surface area (Å²) < 4.78 is 26.3. The Morgan fingerprint density at radius 1 is 1.50 bits per heavy atom. The molecule has 1 N–H and O–H groups in total. The van der Waals surface area contributed by atoms with Gasteiger partial charge >= 0.3 is 5.69 Å². The summed E-state index contributed by atoms with van der Waals surface area (Å²) in [5.41, 5.74) is -0.211. The van der Waals surface area contributed by atoms with E-state index in [4.69, 9.17) is 0 Å². The third-order valence-electron chi connectivity index (χ3n) is 2.63. The van der Waals surface area contributed by atoms with Gasteiger partial charge in [0.05, 0.1) is 4.92 Å². The van der Waals surface area contributed by atoms with E-state index >= 15 is 0 Å². The van der Waals surface area contributed by atoms with Crippen LogP contribution in [0.1, 0.15) is 20.8 Å². The average Bonchev–Trinajstić information content (AvgIpc) is 2.80. The molecule has 0 spiro atoms. The molecule has 1 rings (SSSR count). The van der Waals surface area contributed by atoms with E-state index in [1.165, 1.54) is 11.4 Å². The molecular formula is C11H19N3O4S2. The summed E-state index contributed by atoms with van der Waals surface area (Å²) in [4.78, 5) is 10.3. The van der Waals surface area contributed by atoms with Crippen LogP contribution < -0.4 is 5.32 Å². The first kappa shape index (κ1) is 16.9. The number of rotatable bonds is 7. The van der Waals surface area contributed by atoms with Crippen LogP contribution in [0.4, 0.5) is 10.7 Å². The normalized spacial score (nSPS) is 12.1. The summed E-state index contributed by atoms with van der Waals surface area (Å²) in [6.07, 6.45) is 0. The van der Waals surface area contributed by atoms with Gasteiger partial charge in [-0.2, -0.15) is 4.31 Å². The van der Waals surface area contributed by atoms with Gasteiger partial charge in [-0.1, -0.05) is 32.1 Å². The van der Waals surface area contributed by atoms with Gasteiger partial charge in [-0.3, -0.25) is 10.1 Å². The molecule has 0 saturated carbocycles. The van der Waals surface area contributed by atoms with Crippen molar-refractivity contribution in [1.82, 2.24) is 4.31 Å². The zero-order valence-corrected chi connectivity index (χ0v) is 13.5. The first-order valence-corrected chi connectivity index (χ1v) is 8.45. The lowest BCUT2D eigenvalue weighted by Gasteiger charge is -2.21. The summed E-state index contributed by atoms with van der Waals surface area (Å²) in [7, 11) is -2.16. The van der Waals surface area contributed by atoms with Gasteiger partial charge in [-0.15, -0.1) is 0 Å². The first-order chi connectivity index (χ1) is 9.23. The summed E-state index contributed by atoms with van der Waals surface area (Å²) in [5, 5.41) is 13.8. The van der Waals surface area contributed by atoms with E-state index in [1.54, 1.807) is 6.92 Å². The molecule has 0 unspecified atom stereocenters. The van der Waals surface area contributed by atoms with E-state index in [0.717, 1.165) is 17.4 Å². The third-order valence-corrected chi connectivity index (χ3v) is 6.16. The summed E-state index contributed by atoms with van der Waals surface area (Å²) in [6.45, 7) is 6.32. The number of nitrogens with one attached hydrogen (secondary N) is 1. The number of sulfonamides is 1. The Morgan fingerprint density at radius 3 is 2.45 bits per heavy atom. The number of hydrogen-bond acceptors (Lipinski definition) is 6. The number of thiophene rings is 1. The average molecular weight is 321 g/mol. The summed E-state index contributed by atoms with van der Waals surface area (Å²) in [5.74, 6) is 0.184. The quantitative estimate of drug-likeness (QED) is 0.615. The molecule has 0 aromatic carbocycles. The molecule has 0 amide bonds. The molecule has 9 heteroatoms. The highest BCUT2D eigenvalue weighted by Crippen LogP contribution is 2.37.